The number of benzene rings is 1. The van der Waals surface area contributed by atoms with E-state index in [1.807, 2.05) is 44.2 Å². The smallest absolute Gasteiger partial charge is 0.416 e. The van der Waals surface area contributed by atoms with Crippen LogP contribution in [-0.2, 0) is 25.5 Å². The van der Waals surface area contributed by atoms with Crippen LogP contribution >= 0.6 is 0 Å². The Kier molecular flexibility index (Phi) is 6.94. The van der Waals surface area contributed by atoms with Crippen molar-refractivity contribution in [2.75, 3.05) is 0 Å². The summed E-state index contributed by atoms with van der Waals surface area (Å²) in [5.74, 6) is -3.00. The molecule has 192 valence electrons. The van der Waals surface area contributed by atoms with Crippen LogP contribution in [0.5, 0.6) is 0 Å². The minimum absolute atomic E-state index is 0.262. The van der Waals surface area contributed by atoms with Crippen LogP contribution in [0.1, 0.15) is 39.7 Å². The number of nitrogens with one attached hydrogen (secondary N) is 1. The second-order valence-electron chi connectivity index (χ2n) is 10.2. The van der Waals surface area contributed by atoms with Gasteiger partial charge in [0, 0.05) is 12.0 Å². The number of aliphatic hydroxyl groups excluding tert-OH is 1. The van der Waals surface area contributed by atoms with E-state index in [-0.39, 0.29) is 6.42 Å². The Morgan fingerprint density at radius 1 is 1.11 bits per heavy atom. The third kappa shape index (κ3) is 4.40. The highest BCUT2D eigenvalue weighted by Gasteiger charge is 2.66. The molecule has 3 aliphatic rings. The van der Waals surface area contributed by atoms with Crippen LogP contribution in [0.2, 0.25) is 0 Å². The number of carbonyl (C=O) groups is 3. The molecule has 2 unspecified atom stereocenters. The molecule has 0 bridgehead atoms. The molecule has 4 rings (SSSR count). The number of carbonyl (C=O) groups excluding carboxylic acids is 3. The maximum atomic E-state index is 13.7. The first kappa shape index (κ1) is 25.9. The van der Waals surface area contributed by atoms with Crippen molar-refractivity contribution in [1.82, 2.24) is 5.32 Å². The van der Waals surface area contributed by atoms with Crippen molar-refractivity contribution in [3.05, 3.63) is 71.5 Å². The van der Waals surface area contributed by atoms with Gasteiger partial charge in [-0.15, -0.1) is 0 Å². The first-order valence-electron chi connectivity index (χ1n) is 12.2. The first-order chi connectivity index (χ1) is 17.0. The molecular formula is C28H33NO7. The zero-order valence-corrected chi connectivity index (χ0v) is 20.9. The number of hydrogen-bond donors (Lipinski definition) is 3. The number of ether oxygens (including phenoxy) is 2. The van der Waals surface area contributed by atoms with Gasteiger partial charge in [-0.3, -0.25) is 9.59 Å². The molecule has 0 saturated carbocycles. The van der Waals surface area contributed by atoms with Crippen molar-refractivity contribution in [3.8, 4) is 0 Å². The van der Waals surface area contributed by atoms with Crippen molar-refractivity contribution in [2.24, 2.45) is 17.8 Å². The van der Waals surface area contributed by atoms with Gasteiger partial charge in [-0.1, -0.05) is 55.0 Å². The third-order valence-electron chi connectivity index (χ3n) is 7.79. The van der Waals surface area contributed by atoms with E-state index >= 15 is 0 Å². The predicted molar refractivity (Wildman–Crippen MR) is 131 cm³/mol. The fourth-order valence-electron chi connectivity index (χ4n) is 5.73. The summed E-state index contributed by atoms with van der Waals surface area (Å²) in [6.07, 6.45) is 3.84. The van der Waals surface area contributed by atoms with Crippen LogP contribution in [-0.4, -0.2) is 51.4 Å². The summed E-state index contributed by atoms with van der Waals surface area (Å²) in [6, 6.07) is 9.29. The van der Waals surface area contributed by atoms with Gasteiger partial charge < -0.3 is 25.0 Å². The second-order valence-corrected chi connectivity index (χ2v) is 10.2. The molecule has 8 nitrogen and oxygen atoms in total. The second kappa shape index (κ2) is 9.67. The monoisotopic (exact) mass is 495 g/mol. The first-order valence-corrected chi connectivity index (χ1v) is 12.2. The Morgan fingerprint density at radius 3 is 2.50 bits per heavy atom. The zero-order valence-electron chi connectivity index (χ0n) is 20.9. The topological polar surface area (TPSA) is 122 Å². The van der Waals surface area contributed by atoms with E-state index in [4.69, 9.17) is 9.47 Å². The number of rotatable bonds is 2. The van der Waals surface area contributed by atoms with Gasteiger partial charge in [0.15, 0.2) is 5.78 Å². The van der Waals surface area contributed by atoms with Gasteiger partial charge in [-0.25, -0.2) is 4.79 Å². The minimum Gasteiger partial charge on any atom is -0.416 e. The molecule has 2 aliphatic heterocycles. The van der Waals surface area contributed by atoms with Gasteiger partial charge in [0.05, 0.1) is 24.2 Å². The van der Waals surface area contributed by atoms with Gasteiger partial charge >= 0.3 is 6.16 Å². The van der Waals surface area contributed by atoms with Crippen LogP contribution in [0.15, 0.2) is 66.0 Å². The molecule has 1 aromatic rings. The Balaban J connectivity index is 1.82. The highest BCUT2D eigenvalue weighted by Crippen LogP contribution is 2.50. The molecule has 8 heteroatoms. The van der Waals surface area contributed by atoms with Gasteiger partial charge in [0.25, 0.3) is 5.91 Å². The van der Waals surface area contributed by atoms with Gasteiger partial charge in [-0.2, -0.15) is 0 Å². The number of ketones is 1. The maximum absolute atomic E-state index is 13.7. The van der Waals surface area contributed by atoms with E-state index < -0.39 is 58.9 Å². The lowest BCUT2D eigenvalue weighted by atomic mass is 9.63. The number of Topliss-reactive ketones (excluding diaryl/α,β-unsaturated/α-hetero) is 1. The third-order valence-corrected chi connectivity index (χ3v) is 7.79. The molecule has 36 heavy (non-hydrogen) atoms. The SMILES string of the molecule is CC1=C(C)[C@H](O)[C@@H]2C=CCC(C)C(=O)[C@](C)(O)C=COC(=O)O[C@]23C(=O)N[C@@H](Cc2ccccc2)C13. The standard InChI is InChI=1S/C28H33NO7/c1-16-9-8-12-20-23(30)18(3)17(2)22-21(15-19-10-6-5-7-11-19)29-25(32)28(20,22)36-26(33)35-14-13-27(4,34)24(16)31/h5-8,10-14,16,20-23,30,34H,9,15H2,1-4H3,(H,29,32)/t16?,20-,21-,22?,23-,27+,28+/m0/s1. The molecule has 3 N–H and O–H groups in total. The van der Waals surface area contributed by atoms with Crippen LogP contribution in [0.25, 0.3) is 0 Å². The molecule has 1 amide bonds. The van der Waals surface area contributed by atoms with Crippen molar-refractivity contribution >= 4 is 17.8 Å². The lowest BCUT2D eigenvalue weighted by Crippen LogP contribution is -2.59. The Hall–Kier alpha value is -3.23. The Bertz CT molecular complexity index is 1140. The van der Waals surface area contributed by atoms with Crippen molar-refractivity contribution < 1.29 is 34.1 Å². The van der Waals surface area contributed by atoms with Gasteiger partial charge in [0.2, 0.25) is 5.60 Å². The highest BCUT2D eigenvalue weighted by atomic mass is 16.7. The van der Waals surface area contributed by atoms with Crippen LogP contribution in [0, 0.1) is 17.8 Å². The minimum atomic E-state index is -1.85. The lowest BCUT2D eigenvalue weighted by Gasteiger charge is -2.45. The van der Waals surface area contributed by atoms with Crippen molar-refractivity contribution in [2.45, 2.75) is 63.9 Å². The summed E-state index contributed by atoms with van der Waals surface area (Å²) in [5.41, 5.74) is -1.13. The quantitative estimate of drug-likeness (QED) is 0.426. The van der Waals surface area contributed by atoms with Crippen molar-refractivity contribution in [3.63, 3.8) is 0 Å². The summed E-state index contributed by atoms with van der Waals surface area (Å²) >= 11 is 0. The summed E-state index contributed by atoms with van der Waals surface area (Å²) in [4.78, 5) is 39.3. The molecule has 2 heterocycles. The van der Waals surface area contributed by atoms with E-state index in [1.54, 1.807) is 19.1 Å². The van der Waals surface area contributed by atoms with Gasteiger partial charge in [-0.05, 0) is 50.8 Å². The Morgan fingerprint density at radius 2 is 1.81 bits per heavy atom. The molecule has 1 fully saturated rings. The average Bonchev–Trinajstić information content (AvgIpc) is 3.10. The average molecular weight is 496 g/mol. The molecule has 1 aromatic carbocycles. The molecule has 7 atom stereocenters. The van der Waals surface area contributed by atoms with E-state index in [0.29, 0.717) is 12.0 Å². The van der Waals surface area contributed by atoms with Crippen LogP contribution < -0.4 is 5.32 Å². The number of hydrogen-bond acceptors (Lipinski definition) is 7. The van der Waals surface area contributed by atoms with E-state index in [0.717, 1.165) is 23.5 Å². The zero-order chi connectivity index (χ0) is 26.3. The number of aliphatic hydroxyl groups is 2. The summed E-state index contributed by atoms with van der Waals surface area (Å²) in [7, 11) is 0. The number of amides is 1. The fraction of sp³-hybridized carbons (Fsp3) is 0.464. The van der Waals surface area contributed by atoms with Crippen LogP contribution in [0.3, 0.4) is 0 Å². The molecule has 1 aliphatic carbocycles. The van der Waals surface area contributed by atoms with E-state index in [2.05, 4.69) is 5.32 Å². The molecular weight excluding hydrogens is 462 g/mol. The highest BCUT2D eigenvalue weighted by molar-refractivity contribution is 5.93. The van der Waals surface area contributed by atoms with Crippen LogP contribution in [0.4, 0.5) is 4.79 Å². The summed E-state index contributed by atoms with van der Waals surface area (Å²) < 4.78 is 10.9. The molecule has 1 spiro atoms. The summed E-state index contributed by atoms with van der Waals surface area (Å²) in [5, 5.41) is 24.8. The van der Waals surface area contributed by atoms with E-state index in [1.165, 1.54) is 6.92 Å². The molecule has 0 radical (unpaired) electrons. The van der Waals surface area contributed by atoms with Gasteiger partial charge in [0.1, 0.15) is 5.60 Å². The molecule has 1 saturated heterocycles. The lowest BCUT2D eigenvalue weighted by molar-refractivity contribution is -0.151. The normalized spacial score (nSPS) is 37.1. The van der Waals surface area contributed by atoms with Crippen molar-refractivity contribution in [1.29, 1.82) is 0 Å². The largest absolute Gasteiger partial charge is 0.514 e. The molecule has 0 aromatic heterocycles. The predicted octanol–water partition coefficient (Wildman–Crippen LogP) is 2.99. The fourth-order valence-corrected chi connectivity index (χ4v) is 5.73. The maximum Gasteiger partial charge on any atom is 0.514 e. The Labute approximate surface area is 210 Å². The van der Waals surface area contributed by atoms with E-state index in [9.17, 15) is 24.6 Å². The summed E-state index contributed by atoms with van der Waals surface area (Å²) in [6.45, 7) is 6.65. The number of allylic oxidation sites excluding steroid dienone is 1. The number of cyclic esters (lactones) is 1.